The molecule has 5 aromatic carbocycles. The van der Waals surface area contributed by atoms with Gasteiger partial charge in [-0.2, -0.15) is 0 Å². The molecular weight excluding hydrogens is 881 g/mol. The summed E-state index contributed by atoms with van der Waals surface area (Å²) in [4.78, 5) is 69.5. The van der Waals surface area contributed by atoms with Crippen molar-refractivity contribution in [2.45, 2.75) is 81.0 Å². The van der Waals surface area contributed by atoms with Crippen LogP contribution < -0.4 is 0 Å². The van der Waals surface area contributed by atoms with Crippen LogP contribution in [0.2, 0.25) is 25.7 Å². The van der Waals surface area contributed by atoms with E-state index in [9.17, 15) is 29.1 Å². The second-order valence-electron chi connectivity index (χ2n) is 17.0. The molecule has 7 rings (SSSR count). The van der Waals surface area contributed by atoms with Gasteiger partial charge in [0.25, 0.3) is 0 Å². The van der Waals surface area contributed by atoms with E-state index < -0.39 is 99.8 Å². The van der Waals surface area contributed by atoms with E-state index in [4.69, 9.17) is 42.6 Å². The van der Waals surface area contributed by atoms with Gasteiger partial charge in [-0.1, -0.05) is 111 Å². The first-order valence-electron chi connectivity index (χ1n) is 21.8. The molecule has 9 atom stereocenters. The molecule has 0 aromatic heterocycles. The fourth-order valence-corrected chi connectivity index (χ4v) is 7.96. The van der Waals surface area contributed by atoms with E-state index in [0.29, 0.717) is 6.04 Å². The van der Waals surface area contributed by atoms with E-state index in [1.807, 2.05) is 0 Å². The van der Waals surface area contributed by atoms with Crippen LogP contribution in [0.5, 0.6) is 0 Å². The van der Waals surface area contributed by atoms with Crippen molar-refractivity contribution in [1.29, 1.82) is 0 Å². The maximum atomic E-state index is 14.1. The number of carbonyl (C=O) groups is 5. The highest BCUT2D eigenvalue weighted by Crippen LogP contribution is 2.35. The summed E-state index contributed by atoms with van der Waals surface area (Å²) in [6, 6.07) is 40.7. The molecule has 350 valence electrons. The molecule has 0 amide bonds. The smallest absolute Gasteiger partial charge is 0.338 e. The van der Waals surface area contributed by atoms with E-state index in [2.05, 4.69) is 19.6 Å². The SMILES string of the molecule is C[Si](C)(C)CCO[C@@H]1OC[C@H](O)[C@H](O[C@@H]2O[C@H](COC(=O)c3ccccc3)[C@H](OC(=O)c3ccccc3)[C@H](OC(=O)c3ccccc3)[C@H]2OC(=O)c2ccccc2)[C@H]1OC(=O)c1ccccc1. The Hall–Kier alpha value is -6.53. The summed E-state index contributed by atoms with van der Waals surface area (Å²) >= 11 is 0. The quantitative estimate of drug-likeness (QED) is 0.0574. The van der Waals surface area contributed by atoms with Crippen molar-refractivity contribution in [1.82, 2.24) is 0 Å². The van der Waals surface area contributed by atoms with Crippen LogP contribution >= 0.6 is 0 Å². The van der Waals surface area contributed by atoms with Crippen molar-refractivity contribution in [3.8, 4) is 0 Å². The highest BCUT2D eigenvalue weighted by Gasteiger charge is 2.56. The number of carbonyl (C=O) groups excluding carboxylic acids is 5. The number of hydrogen-bond donors (Lipinski definition) is 1. The minimum Gasteiger partial charge on any atom is -0.459 e. The zero-order valence-corrected chi connectivity index (χ0v) is 38.1. The van der Waals surface area contributed by atoms with Crippen LogP contribution in [-0.2, 0) is 42.6 Å². The Morgan fingerprint density at radius 3 is 1.30 bits per heavy atom. The van der Waals surface area contributed by atoms with Crippen LogP contribution in [-0.4, -0.2) is 118 Å². The van der Waals surface area contributed by atoms with Gasteiger partial charge in [-0.05, 0) is 66.7 Å². The highest BCUT2D eigenvalue weighted by molar-refractivity contribution is 6.76. The zero-order chi connectivity index (χ0) is 47.3. The Balaban J connectivity index is 1.32. The lowest BCUT2D eigenvalue weighted by Gasteiger charge is -2.47. The van der Waals surface area contributed by atoms with Crippen LogP contribution in [0, 0.1) is 0 Å². The third kappa shape index (κ3) is 13.1. The second-order valence-corrected chi connectivity index (χ2v) is 22.6. The minimum atomic E-state index is -1.83. The Morgan fingerprint density at radius 1 is 0.507 bits per heavy atom. The van der Waals surface area contributed by atoms with Crippen LogP contribution in [0.3, 0.4) is 0 Å². The van der Waals surface area contributed by atoms with E-state index in [-0.39, 0.29) is 41.0 Å². The van der Waals surface area contributed by atoms with Gasteiger partial charge >= 0.3 is 29.8 Å². The molecule has 0 saturated carbocycles. The first kappa shape index (κ1) is 48.4. The fraction of sp³-hybridized carbons (Fsp3) is 0.314. The molecule has 2 heterocycles. The molecular formula is C51H52O15Si. The van der Waals surface area contributed by atoms with E-state index in [1.54, 1.807) is 103 Å². The Morgan fingerprint density at radius 2 is 0.881 bits per heavy atom. The number of rotatable bonds is 17. The highest BCUT2D eigenvalue weighted by atomic mass is 28.3. The molecule has 1 N–H and O–H groups in total. The summed E-state index contributed by atoms with van der Waals surface area (Å²) in [6.07, 6.45) is -14.3. The molecule has 0 unspecified atom stereocenters. The van der Waals surface area contributed by atoms with Gasteiger partial charge < -0.3 is 47.7 Å². The van der Waals surface area contributed by atoms with Gasteiger partial charge in [-0.15, -0.1) is 0 Å². The first-order valence-corrected chi connectivity index (χ1v) is 25.5. The summed E-state index contributed by atoms with van der Waals surface area (Å²) in [5, 5.41) is 11.7. The van der Waals surface area contributed by atoms with Gasteiger partial charge in [0.15, 0.2) is 37.0 Å². The normalized spacial score (nSPS) is 23.8. The predicted octanol–water partition coefficient (Wildman–Crippen LogP) is 6.93. The van der Waals surface area contributed by atoms with Crippen molar-refractivity contribution in [2.75, 3.05) is 19.8 Å². The second kappa shape index (κ2) is 22.8. The Bertz CT molecular complexity index is 2400. The number of hydrogen-bond acceptors (Lipinski definition) is 15. The maximum Gasteiger partial charge on any atom is 0.338 e. The summed E-state index contributed by atoms with van der Waals surface area (Å²) in [5.41, 5.74) is 0.662. The van der Waals surface area contributed by atoms with Gasteiger partial charge in [-0.3, -0.25) is 0 Å². The molecule has 15 nitrogen and oxygen atoms in total. The Labute approximate surface area is 388 Å². The molecule has 2 aliphatic rings. The summed E-state index contributed by atoms with van der Waals surface area (Å²) < 4.78 is 55.7. The average Bonchev–Trinajstić information content (AvgIpc) is 3.35. The van der Waals surface area contributed by atoms with Gasteiger partial charge in [-0.25, -0.2) is 24.0 Å². The largest absolute Gasteiger partial charge is 0.459 e. The number of aliphatic hydroxyl groups is 1. The molecule has 0 radical (unpaired) electrons. The van der Waals surface area contributed by atoms with Crippen molar-refractivity contribution < 1.29 is 71.7 Å². The van der Waals surface area contributed by atoms with E-state index in [0.717, 1.165) is 0 Å². The molecule has 2 aliphatic heterocycles. The minimum absolute atomic E-state index is 0.0859. The van der Waals surface area contributed by atoms with Crippen molar-refractivity contribution in [3.05, 3.63) is 179 Å². The van der Waals surface area contributed by atoms with Gasteiger partial charge in [0.2, 0.25) is 0 Å². The summed E-state index contributed by atoms with van der Waals surface area (Å²) in [5.74, 6) is -4.27. The van der Waals surface area contributed by atoms with Gasteiger partial charge in [0.1, 0.15) is 24.9 Å². The summed E-state index contributed by atoms with van der Waals surface area (Å²) in [6.45, 7) is 5.74. The molecule has 2 saturated heterocycles. The van der Waals surface area contributed by atoms with Gasteiger partial charge in [0, 0.05) is 14.7 Å². The fourth-order valence-electron chi connectivity index (χ4n) is 7.23. The van der Waals surface area contributed by atoms with Crippen LogP contribution in [0.4, 0.5) is 0 Å². The first-order chi connectivity index (χ1) is 32.3. The molecule has 16 heteroatoms. The molecule has 5 aromatic rings. The Kier molecular flexibility index (Phi) is 16.5. The monoisotopic (exact) mass is 932 g/mol. The summed E-state index contributed by atoms with van der Waals surface area (Å²) in [7, 11) is -1.65. The van der Waals surface area contributed by atoms with Gasteiger partial charge in [0.05, 0.1) is 34.4 Å². The lowest BCUT2D eigenvalue weighted by atomic mass is 9.97. The van der Waals surface area contributed by atoms with Crippen LogP contribution in [0.1, 0.15) is 51.8 Å². The number of esters is 5. The standard InChI is InChI=1S/C51H52O15Si/c1-67(2,3)30-29-58-50-43(64-48(56)36-25-15-7-16-26-36)40(38(52)31-60-50)66-51-44(65-49(57)37-27-17-8-18-28-37)42(63-47(55)35-23-13-6-14-24-35)41(62-46(54)34-21-11-5-12-22-34)39(61-51)32-59-45(53)33-19-9-4-10-20-33/h4-28,38-44,50-52H,29-32H2,1-3H3/t38-,39+,40-,41-,42-,43+,44+,50+,51-/m0/s1. The topological polar surface area (TPSA) is 189 Å². The average molecular weight is 933 g/mol. The predicted molar refractivity (Wildman–Crippen MR) is 243 cm³/mol. The van der Waals surface area contributed by atoms with Crippen molar-refractivity contribution in [3.63, 3.8) is 0 Å². The zero-order valence-electron chi connectivity index (χ0n) is 37.1. The third-order valence-corrected chi connectivity index (χ3v) is 12.5. The molecule has 0 aliphatic carbocycles. The van der Waals surface area contributed by atoms with E-state index >= 15 is 0 Å². The lowest BCUT2D eigenvalue weighted by molar-refractivity contribution is -0.345. The molecule has 2 fully saturated rings. The number of aliphatic hydroxyl groups excluding tert-OH is 1. The maximum absolute atomic E-state index is 14.1. The molecule has 67 heavy (non-hydrogen) atoms. The van der Waals surface area contributed by atoms with Crippen LogP contribution in [0.25, 0.3) is 0 Å². The van der Waals surface area contributed by atoms with Crippen molar-refractivity contribution in [2.24, 2.45) is 0 Å². The lowest BCUT2D eigenvalue weighted by Crippen LogP contribution is -2.65. The number of benzene rings is 5. The van der Waals surface area contributed by atoms with Crippen molar-refractivity contribution >= 4 is 37.9 Å². The molecule has 0 spiro atoms. The van der Waals surface area contributed by atoms with Crippen LogP contribution in [0.15, 0.2) is 152 Å². The third-order valence-electron chi connectivity index (χ3n) is 10.8. The molecule has 0 bridgehead atoms. The van der Waals surface area contributed by atoms with E-state index in [1.165, 1.54) is 48.5 Å². The number of ether oxygens (including phenoxy) is 9.